The second-order valence-corrected chi connectivity index (χ2v) is 5.22. The number of imidazole rings is 1. The van der Waals surface area contributed by atoms with Gasteiger partial charge in [0.1, 0.15) is 0 Å². The number of hydrogen-bond donors (Lipinski definition) is 1. The van der Waals surface area contributed by atoms with E-state index in [2.05, 4.69) is 35.6 Å². The van der Waals surface area contributed by atoms with Crippen LogP contribution in [0.25, 0.3) is 0 Å². The molecule has 4 heteroatoms. The summed E-state index contributed by atoms with van der Waals surface area (Å²) in [5.74, 6) is 0. The van der Waals surface area contributed by atoms with Crippen LogP contribution in [-0.4, -0.2) is 27.4 Å². The quantitative estimate of drug-likeness (QED) is 0.758. The van der Waals surface area contributed by atoms with E-state index in [1.165, 1.54) is 0 Å². The highest BCUT2D eigenvalue weighted by molar-refractivity contribution is 7.99. The Bertz CT molecular complexity index is 270. The fourth-order valence-corrected chi connectivity index (χ4v) is 1.98. The summed E-state index contributed by atoms with van der Waals surface area (Å²) in [5.41, 5.74) is 0. The van der Waals surface area contributed by atoms with E-state index >= 15 is 0 Å². The molecule has 0 spiro atoms. The first-order chi connectivity index (χ1) is 6.59. The molecule has 3 nitrogen and oxygen atoms in total. The Hall–Kier alpha value is -0.480. The fourth-order valence-electron chi connectivity index (χ4n) is 1.09. The number of rotatable bonds is 5. The zero-order valence-corrected chi connectivity index (χ0v) is 10.1. The molecule has 1 aromatic heterocycles. The molecule has 1 unspecified atom stereocenters. The van der Waals surface area contributed by atoms with E-state index in [1.54, 1.807) is 0 Å². The third kappa shape index (κ3) is 3.72. The van der Waals surface area contributed by atoms with Crippen LogP contribution in [0.5, 0.6) is 0 Å². The molecule has 0 aliphatic carbocycles. The SMILES string of the molecule is CC(C)NCC(C)Sc1nccn1C. The van der Waals surface area contributed by atoms with Crippen LogP contribution < -0.4 is 5.32 Å². The van der Waals surface area contributed by atoms with Crippen molar-refractivity contribution in [2.45, 2.75) is 37.2 Å². The Balaban J connectivity index is 2.34. The van der Waals surface area contributed by atoms with Crippen molar-refractivity contribution in [3.63, 3.8) is 0 Å². The highest BCUT2D eigenvalue weighted by Gasteiger charge is 2.07. The molecule has 0 fully saturated rings. The van der Waals surface area contributed by atoms with Crippen LogP contribution in [0, 0.1) is 0 Å². The maximum atomic E-state index is 4.28. The lowest BCUT2D eigenvalue weighted by molar-refractivity contribution is 0.588. The number of thioether (sulfide) groups is 1. The van der Waals surface area contributed by atoms with Gasteiger partial charge in [0.15, 0.2) is 5.16 Å². The van der Waals surface area contributed by atoms with Gasteiger partial charge in [0.05, 0.1) is 0 Å². The second kappa shape index (κ2) is 5.41. The summed E-state index contributed by atoms with van der Waals surface area (Å²) in [6, 6.07) is 0.555. The Morgan fingerprint density at radius 2 is 2.21 bits per heavy atom. The number of aromatic nitrogens is 2. The number of nitrogens with zero attached hydrogens (tertiary/aromatic N) is 2. The van der Waals surface area contributed by atoms with Gasteiger partial charge >= 0.3 is 0 Å². The average Bonchev–Trinajstić information content (AvgIpc) is 2.49. The Morgan fingerprint density at radius 1 is 1.50 bits per heavy atom. The summed E-state index contributed by atoms with van der Waals surface area (Å²) in [6.45, 7) is 7.57. The maximum Gasteiger partial charge on any atom is 0.167 e. The van der Waals surface area contributed by atoms with E-state index < -0.39 is 0 Å². The van der Waals surface area contributed by atoms with E-state index in [4.69, 9.17) is 0 Å². The van der Waals surface area contributed by atoms with Crippen LogP contribution in [0.4, 0.5) is 0 Å². The number of nitrogens with one attached hydrogen (secondary N) is 1. The summed E-state index contributed by atoms with van der Waals surface area (Å²) in [4.78, 5) is 4.28. The standard InChI is InChI=1S/C10H19N3S/c1-8(2)12-7-9(3)14-10-11-5-6-13(10)4/h5-6,8-9,12H,7H2,1-4H3. The van der Waals surface area contributed by atoms with Crippen molar-refractivity contribution in [1.82, 2.24) is 14.9 Å². The van der Waals surface area contributed by atoms with Gasteiger partial charge in [-0.1, -0.05) is 32.5 Å². The van der Waals surface area contributed by atoms with Crippen LogP contribution >= 0.6 is 11.8 Å². The summed E-state index contributed by atoms with van der Waals surface area (Å²) in [6.07, 6.45) is 3.82. The van der Waals surface area contributed by atoms with Gasteiger partial charge in [0.25, 0.3) is 0 Å². The smallest absolute Gasteiger partial charge is 0.167 e. The lowest BCUT2D eigenvalue weighted by atomic mass is 10.3. The molecule has 0 amide bonds. The normalized spacial score (nSPS) is 13.5. The molecule has 1 aromatic rings. The minimum absolute atomic E-state index is 0.554. The first-order valence-electron chi connectivity index (χ1n) is 4.97. The number of hydrogen-bond acceptors (Lipinski definition) is 3. The lowest BCUT2D eigenvalue weighted by Gasteiger charge is -2.13. The van der Waals surface area contributed by atoms with Crippen LogP contribution in [-0.2, 0) is 7.05 Å². The Kier molecular flexibility index (Phi) is 4.48. The van der Waals surface area contributed by atoms with Crippen LogP contribution in [0.15, 0.2) is 17.6 Å². The van der Waals surface area contributed by atoms with Gasteiger partial charge in [-0.3, -0.25) is 0 Å². The predicted octanol–water partition coefficient (Wildman–Crippen LogP) is 1.90. The molecule has 0 aliphatic heterocycles. The molecule has 80 valence electrons. The van der Waals surface area contributed by atoms with Gasteiger partial charge in [-0.25, -0.2) is 4.98 Å². The molecule has 0 aromatic carbocycles. The van der Waals surface area contributed by atoms with Crippen molar-refractivity contribution in [2.24, 2.45) is 7.05 Å². The van der Waals surface area contributed by atoms with Gasteiger partial charge in [-0.15, -0.1) is 0 Å². The largest absolute Gasteiger partial charge is 0.329 e. The second-order valence-electron chi connectivity index (χ2n) is 3.81. The van der Waals surface area contributed by atoms with E-state index in [0.717, 1.165) is 11.7 Å². The van der Waals surface area contributed by atoms with Crippen LogP contribution in [0.1, 0.15) is 20.8 Å². The molecule has 1 heterocycles. The van der Waals surface area contributed by atoms with E-state index in [-0.39, 0.29) is 0 Å². The lowest BCUT2D eigenvalue weighted by Crippen LogP contribution is -2.29. The van der Waals surface area contributed by atoms with Gasteiger partial charge < -0.3 is 9.88 Å². The summed E-state index contributed by atoms with van der Waals surface area (Å²) in [7, 11) is 2.03. The van der Waals surface area contributed by atoms with Crippen molar-refractivity contribution in [3.8, 4) is 0 Å². The van der Waals surface area contributed by atoms with Crippen molar-refractivity contribution >= 4 is 11.8 Å². The number of aryl methyl sites for hydroxylation is 1. The van der Waals surface area contributed by atoms with Crippen LogP contribution in [0.2, 0.25) is 0 Å². The third-order valence-corrected chi connectivity index (χ3v) is 3.07. The van der Waals surface area contributed by atoms with Crippen molar-refractivity contribution < 1.29 is 0 Å². The van der Waals surface area contributed by atoms with Gasteiger partial charge in [0.2, 0.25) is 0 Å². The van der Waals surface area contributed by atoms with Gasteiger partial charge in [0, 0.05) is 37.3 Å². The Morgan fingerprint density at radius 3 is 2.71 bits per heavy atom. The average molecular weight is 213 g/mol. The van der Waals surface area contributed by atoms with E-state index in [9.17, 15) is 0 Å². The summed E-state index contributed by atoms with van der Waals surface area (Å²) < 4.78 is 2.05. The molecule has 0 bridgehead atoms. The molecule has 0 saturated heterocycles. The fraction of sp³-hybridized carbons (Fsp3) is 0.700. The third-order valence-electron chi connectivity index (χ3n) is 1.90. The van der Waals surface area contributed by atoms with Gasteiger partial charge in [-0.2, -0.15) is 0 Å². The minimum Gasteiger partial charge on any atom is -0.329 e. The predicted molar refractivity (Wildman–Crippen MR) is 61.7 cm³/mol. The highest BCUT2D eigenvalue weighted by atomic mass is 32.2. The van der Waals surface area contributed by atoms with E-state index in [0.29, 0.717) is 11.3 Å². The molecule has 0 aliphatic rings. The zero-order valence-electron chi connectivity index (χ0n) is 9.32. The molecular formula is C10H19N3S. The molecule has 0 saturated carbocycles. The molecular weight excluding hydrogens is 194 g/mol. The zero-order chi connectivity index (χ0) is 10.6. The Labute approximate surface area is 90.3 Å². The summed E-state index contributed by atoms with van der Waals surface area (Å²) >= 11 is 1.81. The van der Waals surface area contributed by atoms with Gasteiger partial charge in [-0.05, 0) is 0 Å². The monoisotopic (exact) mass is 213 g/mol. The minimum atomic E-state index is 0.554. The topological polar surface area (TPSA) is 29.9 Å². The van der Waals surface area contributed by atoms with Crippen molar-refractivity contribution in [3.05, 3.63) is 12.4 Å². The van der Waals surface area contributed by atoms with Crippen molar-refractivity contribution in [1.29, 1.82) is 0 Å². The van der Waals surface area contributed by atoms with Crippen molar-refractivity contribution in [2.75, 3.05) is 6.54 Å². The first kappa shape index (κ1) is 11.6. The first-order valence-corrected chi connectivity index (χ1v) is 5.85. The highest BCUT2D eigenvalue weighted by Crippen LogP contribution is 2.19. The molecule has 0 radical (unpaired) electrons. The molecule has 1 N–H and O–H groups in total. The summed E-state index contributed by atoms with van der Waals surface area (Å²) in [5, 5.41) is 5.06. The molecule has 1 rings (SSSR count). The molecule has 14 heavy (non-hydrogen) atoms. The maximum absolute atomic E-state index is 4.28. The molecule has 1 atom stereocenters. The van der Waals surface area contributed by atoms with E-state index in [1.807, 2.05) is 31.2 Å². The van der Waals surface area contributed by atoms with Crippen LogP contribution in [0.3, 0.4) is 0 Å².